The molecule has 1 amide bonds. The van der Waals surface area contributed by atoms with Crippen molar-refractivity contribution in [2.75, 3.05) is 5.32 Å². The summed E-state index contributed by atoms with van der Waals surface area (Å²) in [6, 6.07) is 4.40. The lowest BCUT2D eigenvalue weighted by molar-refractivity contribution is -0.384. The molecule has 6 nitrogen and oxygen atoms in total. The van der Waals surface area contributed by atoms with Gasteiger partial charge in [-0.2, -0.15) is 0 Å². The van der Waals surface area contributed by atoms with E-state index in [9.17, 15) is 14.9 Å². The Hall–Kier alpha value is -2.28. The molecule has 18 heavy (non-hydrogen) atoms. The van der Waals surface area contributed by atoms with Crippen molar-refractivity contribution in [3.63, 3.8) is 0 Å². The zero-order valence-electron chi connectivity index (χ0n) is 9.41. The van der Waals surface area contributed by atoms with Crippen molar-refractivity contribution in [2.45, 2.75) is 6.92 Å². The first-order valence-electron chi connectivity index (χ1n) is 5.09. The Morgan fingerprint density at radius 2 is 2.33 bits per heavy atom. The summed E-state index contributed by atoms with van der Waals surface area (Å²) >= 11 is 1.20. The van der Waals surface area contributed by atoms with Crippen molar-refractivity contribution in [3.8, 4) is 0 Å². The molecule has 1 aromatic heterocycles. The summed E-state index contributed by atoms with van der Waals surface area (Å²) in [4.78, 5) is 25.7. The SMILES string of the molecule is C/C=C/C(=O)Nc1nc2ccc([N+](=O)[O-])cc2s1. The molecule has 0 unspecified atom stereocenters. The molecule has 7 heteroatoms. The standard InChI is InChI=1S/C11H9N3O3S/c1-2-3-10(15)13-11-12-8-5-4-7(14(16)17)6-9(8)18-11/h2-6H,1H3,(H,12,13,15)/b3-2+. The zero-order chi connectivity index (χ0) is 13.1. The van der Waals surface area contributed by atoms with Crippen molar-refractivity contribution >= 4 is 38.3 Å². The van der Waals surface area contributed by atoms with E-state index in [1.165, 1.54) is 29.5 Å². The number of allylic oxidation sites excluding steroid dienone is 1. The van der Waals surface area contributed by atoms with Crippen LogP contribution in [0.5, 0.6) is 0 Å². The lowest BCUT2D eigenvalue weighted by atomic mass is 10.3. The normalized spacial score (nSPS) is 10.9. The fourth-order valence-electron chi connectivity index (χ4n) is 1.38. The minimum Gasteiger partial charge on any atom is -0.298 e. The van der Waals surface area contributed by atoms with Crippen LogP contribution in [-0.2, 0) is 4.79 Å². The third-order valence-corrected chi connectivity index (χ3v) is 3.06. The zero-order valence-corrected chi connectivity index (χ0v) is 10.2. The van der Waals surface area contributed by atoms with Crippen LogP contribution in [0.3, 0.4) is 0 Å². The molecule has 0 fully saturated rings. The minimum atomic E-state index is -0.461. The van der Waals surface area contributed by atoms with Crippen LogP contribution in [0.2, 0.25) is 0 Å². The Balaban J connectivity index is 2.32. The number of aromatic nitrogens is 1. The van der Waals surface area contributed by atoms with Gasteiger partial charge in [-0.15, -0.1) is 0 Å². The highest BCUT2D eigenvalue weighted by atomic mass is 32.1. The lowest BCUT2D eigenvalue weighted by Gasteiger charge is -1.93. The summed E-state index contributed by atoms with van der Waals surface area (Å²) in [5.41, 5.74) is 0.638. The molecule has 2 aromatic rings. The van der Waals surface area contributed by atoms with Crippen LogP contribution in [0.15, 0.2) is 30.4 Å². The van der Waals surface area contributed by atoms with Crippen LogP contribution in [-0.4, -0.2) is 15.8 Å². The van der Waals surface area contributed by atoms with Gasteiger partial charge in [-0.05, 0) is 19.1 Å². The molecule has 0 bridgehead atoms. The van der Waals surface area contributed by atoms with Crippen molar-refractivity contribution in [1.29, 1.82) is 0 Å². The van der Waals surface area contributed by atoms with Crippen molar-refractivity contribution < 1.29 is 9.72 Å². The highest BCUT2D eigenvalue weighted by Crippen LogP contribution is 2.28. The van der Waals surface area contributed by atoms with E-state index in [4.69, 9.17) is 0 Å². The van der Waals surface area contributed by atoms with Gasteiger partial charge >= 0.3 is 0 Å². The van der Waals surface area contributed by atoms with Crippen LogP contribution in [0.1, 0.15) is 6.92 Å². The van der Waals surface area contributed by atoms with E-state index >= 15 is 0 Å². The van der Waals surface area contributed by atoms with E-state index in [0.29, 0.717) is 15.3 Å². The van der Waals surface area contributed by atoms with Crippen LogP contribution >= 0.6 is 11.3 Å². The van der Waals surface area contributed by atoms with Crippen LogP contribution in [0, 0.1) is 10.1 Å². The largest absolute Gasteiger partial charge is 0.298 e. The Morgan fingerprint density at radius 3 is 3.00 bits per heavy atom. The number of carbonyl (C=O) groups excluding carboxylic acids is 1. The molecule has 0 aliphatic heterocycles. The number of nitro benzene ring substituents is 1. The molecule has 0 spiro atoms. The number of nitrogens with one attached hydrogen (secondary N) is 1. The van der Waals surface area contributed by atoms with Crippen LogP contribution < -0.4 is 5.32 Å². The number of hydrogen-bond acceptors (Lipinski definition) is 5. The lowest BCUT2D eigenvalue weighted by Crippen LogP contribution is -2.06. The van der Waals surface area contributed by atoms with E-state index in [1.807, 2.05) is 0 Å². The first-order valence-corrected chi connectivity index (χ1v) is 5.90. The number of benzene rings is 1. The summed E-state index contributed by atoms with van der Waals surface area (Å²) in [6.07, 6.45) is 3.00. The van der Waals surface area contributed by atoms with Crippen LogP contribution in [0.4, 0.5) is 10.8 Å². The molecular weight excluding hydrogens is 254 g/mol. The van der Waals surface area contributed by atoms with Gasteiger partial charge in [-0.25, -0.2) is 4.98 Å². The van der Waals surface area contributed by atoms with Crippen molar-refractivity contribution in [2.24, 2.45) is 0 Å². The summed E-state index contributed by atoms with van der Waals surface area (Å²) in [7, 11) is 0. The highest BCUT2D eigenvalue weighted by Gasteiger charge is 2.10. The van der Waals surface area contributed by atoms with E-state index in [1.54, 1.807) is 19.1 Å². The number of fused-ring (bicyclic) bond motifs is 1. The molecule has 1 aromatic carbocycles. The predicted molar refractivity (Wildman–Crippen MR) is 69.7 cm³/mol. The van der Waals surface area contributed by atoms with Gasteiger partial charge in [0.2, 0.25) is 5.91 Å². The molecule has 2 rings (SSSR count). The van der Waals surface area contributed by atoms with Gasteiger partial charge in [-0.1, -0.05) is 17.4 Å². The number of rotatable bonds is 3. The number of nitro groups is 1. The first-order chi connectivity index (χ1) is 8.60. The van der Waals surface area contributed by atoms with Crippen molar-refractivity contribution in [3.05, 3.63) is 40.5 Å². The number of non-ortho nitro benzene ring substituents is 1. The summed E-state index contributed by atoms with van der Waals surface area (Å²) in [5, 5.41) is 13.6. The summed E-state index contributed by atoms with van der Waals surface area (Å²) in [5.74, 6) is -0.272. The van der Waals surface area contributed by atoms with E-state index in [2.05, 4.69) is 10.3 Å². The van der Waals surface area contributed by atoms with Crippen molar-refractivity contribution in [1.82, 2.24) is 4.98 Å². The number of anilines is 1. The average Bonchev–Trinajstić information content (AvgIpc) is 2.69. The molecule has 0 saturated heterocycles. The summed E-state index contributed by atoms with van der Waals surface area (Å²) < 4.78 is 0.667. The third kappa shape index (κ3) is 2.51. The molecule has 0 radical (unpaired) electrons. The topological polar surface area (TPSA) is 85.1 Å². The fraction of sp³-hybridized carbons (Fsp3) is 0.0909. The van der Waals surface area contributed by atoms with Gasteiger partial charge in [0, 0.05) is 12.1 Å². The maximum Gasteiger partial charge on any atom is 0.270 e. The smallest absolute Gasteiger partial charge is 0.270 e. The molecule has 0 aliphatic rings. The molecule has 92 valence electrons. The van der Waals surface area contributed by atoms with Gasteiger partial charge < -0.3 is 0 Å². The van der Waals surface area contributed by atoms with E-state index in [-0.39, 0.29) is 11.6 Å². The monoisotopic (exact) mass is 263 g/mol. The first kappa shape index (κ1) is 12.2. The maximum absolute atomic E-state index is 11.3. The molecule has 0 saturated carbocycles. The number of hydrogen-bond donors (Lipinski definition) is 1. The van der Waals surface area contributed by atoms with E-state index < -0.39 is 4.92 Å². The number of nitrogens with zero attached hydrogens (tertiary/aromatic N) is 2. The Morgan fingerprint density at radius 1 is 1.56 bits per heavy atom. The van der Waals surface area contributed by atoms with Gasteiger partial charge in [0.1, 0.15) is 0 Å². The Kier molecular flexibility index (Phi) is 3.33. The molecule has 0 atom stereocenters. The molecular formula is C11H9N3O3S. The molecule has 0 aliphatic carbocycles. The number of amides is 1. The Labute approximate surface area is 106 Å². The highest BCUT2D eigenvalue weighted by molar-refractivity contribution is 7.22. The quantitative estimate of drug-likeness (QED) is 0.524. The average molecular weight is 263 g/mol. The predicted octanol–water partition coefficient (Wildman–Crippen LogP) is 2.72. The molecule has 1 heterocycles. The Bertz CT molecular complexity index is 648. The van der Waals surface area contributed by atoms with Gasteiger partial charge in [0.15, 0.2) is 5.13 Å². The second kappa shape index (κ2) is 4.92. The second-order valence-corrected chi connectivity index (χ2v) is 4.45. The third-order valence-electron chi connectivity index (χ3n) is 2.13. The van der Waals surface area contributed by atoms with E-state index in [0.717, 1.165) is 0 Å². The summed E-state index contributed by atoms with van der Waals surface area (Å²) in [6.45, 7) is 1.74. The number of thiazole rings is 1. The minimum absolute atomic E-state index is 0.0116. The van der Waals surface area contributed by atoms with Crippen LogP contribution in [0.25, 0.3) is 10.2 Å². The molecule has 1 N–H and O–H groups in total. The van der Waals surface area contributed by atoms with Gasteiger partial charge in [-0.3, -0.25) is 20.2 Å². The number of carbonyl (C=O) groups is 1. The van der Waals surface area contributed by atoms with Gasteiger partial charge in [0.25, 0.3) is 5.69 Å². The van der Waals surface area contributed by atoms with Gasteiger partial charge in [0.05, 0.1) is 15.1 Å². The maximum atomic E-state index is 11.3. The second-order valence-electron chi connectivity index (χ2n) is 3.42. The fourth-order valence-corrected chi connectivity index (χ4v) is 2.28.